The van der Waals surface area contributed by atoms with E-state index >= 15 is 0 Å². The number of carbonyl (C=O) groups is 1. The summed E-state index contributed by atoms with van der Waals surface area (Å²) in [6, 6.07) is 7.89. The molecule has 0 aliphatic heterocycles. The summed E-state index contributed by atoms with van der Waals surface area (Å²) in [6.45, 7) is 1.63. The second kappa shape index (κ2) is 6.34. The van der Waals surface area contributed by atoms with Crippen molar-refractivity contribution in [1.82, 2.24) is 15.6 Å². The van der Waals surface area contributed by atoms with E-state index in [4.69, 9.17) is 5.41 Å². The molecule has 0 amide bonds. The standard InChI is InChI=1S/C16H17FN4O/c1-16(10-22,21-15(18)19-2)12-5-6-14(17)13(8-12)11-4-3-7-20-9-11/h3-10H,1-2H3,(H3,18,19,21). The minimum atomic E-state index is -1.13. The first kappa shape index (κ1) is 15.6. The summed E-state index contributed by atoms with van der Waals surface area (Å²) in [5.74, 6) is -0.393. The molecule has 5 nitrogen and oxygen atoms in total. The number of guanidine groups is 1. The van der Waals surface area contributed by atoms with Gasteiger partial charge in [0.05, 0.1) is 0 Å². The van der Waals surface area contributed by atoms with Gasteiger partial charge in [0, 0.05) is 30.6 Å². The third-order valence-electron chi connectivity index (χ3n) is 3.41. The maximum Gasteiger partial charge on any atom is 0.189 e. The molecule has 1 heterocycles. The Morgan fingerprint density at radius 1 is 1.41 bits per heavy atom. The Balaban J connectivity index is 2.48. The van der Waals surface area contributed by atoms with Crippen molar-refractivity contribution >= 4 is 12.2 Å². The summed E-state index contributed by atoms with van der Waals surface area (Å²) >= 11 is 0. The molecule has 2 aromatic rings. The van der Waals surface area contributed by atoms with Gasteiger partial charge < -0.3 is 15.4 Å². The van der Waals surface area contributed by atoms with Crippen molar-refractivity contribution in [2.45, 2.75) is 12.5 Å². The van der Waals surface area contributed by atoms with Crippen molar-refractivity contribution in [3.05, 3.63) is 54.1 Å². The van der Waals surface area contributed by atoms with Gasteiger partial charge >= 0.3 is 0 Å². The molecule has 1 aromatic heterocycles. The lowest BCUT2D eigenvalue weighted by atomic mass is 9.91. The van der Waals surface area contributed by atoms with E-state index in [2.05, 4.69) is 15.6 Å². The highest BCUT2D eigenvalue weighted by Gasteiger charge is 2.27. The quantitative estimate of drug-likeness (QED) is 0.459. The Bertz CT molecular complexity index is 690. The lowest BCUT2D eigenvalue weighted by Crippen LogP contribution is -2.48. The Hall–Kier alpha value is -2.76. The number of halogens is 1. The summed E-state index contributed by atoms with van der Waals surface area (Å²) in [6.07, 6.45) is 3.86. The third kappa shape index (κ3) is 3.11. The van der Waals surface area contributed by atoms with Gasteiger partial charge in [-0.1, -0.05) is 12.1 Å². The van der Waals surface area contributed by atoms with Gasteiger partial charge in [0.2, 0.25) is 0 Å². The van der Waals surface area contributed by atoms with Crippen LogP contribution < -0.4 is 10.6 Å². The fourth-order valence-electron chi connectivity index (χ4n) is 2.08. The second-order valence-electron chi connectivity index (χ2n) is 5.01. The molecule has 3 N–H and O–H groups in total. The molecule has 6 heteroatoms. The zero-order valence-electron chi connectivity index (χ0n) is 12.4. The predicted octanol–water partition coefficient (Wildman–Crippen LogP) is 2.05. The number of aromatic nitrogens is 1. The molecule has 0 radical (unpaired) electrons. The highest BCUT2D eigenvalue weighted by Crippen LogP contribution is 2.27. The van der Waals surface area contributed by atoms with E-state index in [9.17, 15) is 9.18 Å². The lowest BCUT2D eigenvalue weighted by Gasteiger charge is -2.27. The van der Waals surface area contributed by atoms with Gasteiger partial charge in [-0.05, 0) is 30.7 Å². The number of nitrogens with zero attached hydrogens (tertiary/aromatic N) is 1. The molecule has 2 rings (SSSR count). The Morgan fingerprint density at radius 2 is 2.18 bits per heavy atom. The van der Waals surface area contributed by atoms with Crippen LogP contribution >= 0.6 is 0 Å². The lowest BCUT2D eigenvalue weighted by molar-refractivity contribution is -0.112. The number of hydrogen-bond acceptors (Lipinski definition) is 3. The van der Waals surface area contributed by atoms with Gasteiger partial charge in [0.25, 0.3) is 0 Å². The molecule has 0 fully saturated rings. The number of pyridine rings is 1. The van der Waals surface area contributed by atoms with Crippen LogP contribution in [0.5, 0.6) is 0 Å². The summed E-state index contributed by atoms with van der Waals surface area (Å²) in [4.78, 5) is 15.5. The molecular weight excluding hydrogens is 283 g/mol. The van der Waals surface area contributed by atoms with E-state index in [0.717, 1.165) is 0 Å². The average molecular weight is 300 g/mol. The zero-order chi connectivity index (χ0) is 16.2. The Morgan fingerprint density at radius 3 is 2.77 bits per heavy atom. The average Bonchev–Trinajstić information content (AvgIpc) is 2.55. The van der Waals surface area contributed by atoms with Crippen LogP contribution in [0.2, 0.25) is 0 Å². The number of nitrogens with one attached hydrogen (secondary N) is 3. The van der Waals surface area contributed by atoms with E-state index in [1.165, 1.54) is 12.1 Å². The highest BCUT2D eigenvalue weighted by molar-refractivity contribution is 5.83. The van der Waals surface area contributed by atoms with Crippen molar-refractivity contribution in [1.29, 1.82) is 5.41 Å². The second-order valence-corrected chi connectivity index (χ2v) is 5.01. The predicted molar refractivity (Wildman–Crippen MR) is 83.0 cm³/mol. The van der Waals surface area contributed by atoms with Crippen molar-refractivity contribution in [2.24, 2.45) is 0 Å². The fourth-order valence-corrected chi connectivity index (χ4v) is 2.08. The van der Waals surface area contributed by atoms with Crippen LogP contribution in [0.4, 0.5) is 4.39 Å². The van der Waals surface area contributed by atoms with Crippen molar-refractivity contribution in [3.63, 3.8) is 0 Å². The number of benzene rings is 1. The van der Waals surface area contributed by atoms with E-state index in [1.54, 1.807) is 44.6 Å². The van der Waals surface area contributed by atoms with Crippen molar-refractivity contribution < 1.29 is 9.18 Å². The third-order valence-corrected chi connectivity index (χ3v) is 3.41. The van der Waals surface area contributed by atoms with Crippen molar-refractivity contribution in [3.8, 4) is 11.1 Å². The van der Waals surface area contributed by atoms with Crippen LogP contribution in [0, 0.1) is 11.2 Å². The first-order chi connectivity index (χ1) is 10.5. The Labute approximate surface area is 128 Å². The van der Waals surface area contributed by atoms with Crippen LogP contribution in [-0.4, -0.2) is 24.3 Å². The normalized spacial score (nSPS) is 13.0. The molecule has 0 bridgehead atoms. The molecule has 0 saturated carbocycles. The maximum atomic E-state index is 14.1. The number of rotatable bonds is 4. The first-order valence-electron chi connectivity index (χ1n) is 6.71. The van der Waals surface area contributed by atoms with Crippen molar-refractivity contribution in [2.75, 3.05) is 7.05 Å². The molecule has 0 saturated heterocycles. The van der Waals surface area contributed by atoms with Gasteiger partial charge in [-0.15, -0.1) is 0 Å². The van der Waals surface area contributed by atoms with Gasteiger partial charge in [-0.3, -0.25) is 10.4 Å². The molecule has 0 aliphatic rings. The fraction of sp³-hybridized carbons (Fsp3) is 0.188. The largest absolute Gasteiger partial charge is 0.360 e. The smallest absolute Gasteiger partial charge is 0.189 e. The molecule has 22 heavy (non-hydrogen) atoms. The number of aldehydes is 1. The summed E-state index contributed by atoms with van der Waals surface area (Å²) in [5.41, 5.74) is 0.406. The Kier molecular flexibility index (Phi) is 4.50. The monoisotopic (exact) mass is 300 g/mol. The van der Waals surface area contributed by atoms with Gasteiger partial charge in [-0.25, -0.2) is 4.39 Å². The first-order valence-corrected chi connectivity index (χ1v) is 6.71. The van der Waals surface area contributed by atoms with Gasteiger partial charge in [0.15, 0.2) is 5.96 Å². The molecule has 0 aliphatic carbocycles. The summed E-state index contributed by atoms with van der Waals surface area (Å²) < 4.78 is 14.1. The van der Waals surface area contributed by atoms with E-state index in [0.29, 0.717) is 23.0 Å². The zero-order valence-corrected chi connectivity index (χ0v) is 12.4. The SMILES string of the molecule is CNC(=N)NC(C)(C=O)c1ccc(F)c(-c2cccnc2)c1. The van der Waals surface area contributed by atoms with Crippen LogP contribution in [0.15, 0.2) is 42.7 Å². The molecule has 1 atom stereocenters. The summed E-state index contributed by atoms with van der Waals surface area (Å²) in [7, 11) is 1.58. The summed E-state index contributed by atoms with van der Waals surface area (Å²) in [5, 5.41) is 13.0. The number of carbonyl (C=O) groups excluding carboxylic acids is 1. The van der Waals surface area contributed by atoms with Crippen LogP contribution in [0.1, 0.15) is 12.5 Å². The highest BCUT2D eigenvalue weighted by atomic mass is 19.1. The number of hydrogen-bond donors (Lipinski definition) is 3. The molecule has 114 valence electrons. The topological polar surface area (TPSA) is 77.9 Å². The van der Waals surface area contributed by atoms with Crippen LogP contribution in [-0.2, 0) is 10.3 Å². The molecule has 1 unspecified atom stereocenters. The minimum Gasteiger partial charge on any atom is -0.360 e. The molecular formula is C16H17FN4O. The van der Waals surface area contributed by atoms with E-state index in [1.807, 2.05) is 0 Å². The minimum absolute atomic E-state index is 0.00172. The molecule has 0 spiro atoms. The van der Waals surface area contributed by atoms with E-state index in [-0.39, 0.29) is 5.96 Å². The molecule has 1 aromatic carbocycles. The van der Waals surface area contributed by atoms with E-state index < -0.39 is 11.4 Å². The van der Waals surface area contributed by atoms with Gasteiger partial charge in [0.1, 0.15) is 17.6 Å². The maximum absolute atomic E-state index is 14.1. The van der Waals surface area contributed by atoms with Crippen LogP contribution in [0.3, 0.4) is 0 Å². The van der Waals surface area contributed by atoms with Crippen LogP contribution in [0.25, 0.3) is 11.1 Å². The van der Waals surface area contributed by atoms with Gasteiger partial charge in [-0.2, -0.15) is 0 Å².